The molecule has 1 aromatic heterocycles. The van der Waals surface area contributed by atoms with Crippen LogP contribution in [0.25, 0.3) is 0 Å². The van der Waals surface area contributed by atoms with Crippen LogP contribution in [0.3, 0.4) is 0 Å². The van der Waals surface area contributed by atoms with Crippen molar-refractivity contribution in [1.29, 1.82) is 0 Å². The third kappa shape index (κ3) is 4.35. The van der Waals surface area contributed by atoms with Gasteiger partial charge in [0.15, 0.2) is 5.13 Å². The highest BCUT2D eigenvalue weighted by Crippen LogP contribution is 2.34. The van der Waals surface area contributed by atoms with Crippen molar-refractivity contribution < 1.29 is 21.6 Å². The van der Waals surface area contributed by atoms with Crippen LogP contribution in [-0.4, -0.2) is 32.0 Å². The van der Waals surface area contributed by atoms with Crippen molar-refractivity contribution in [2.24, 2.45) is 0 Å². The number of aromatic nitrogens is 1. The Morgan fingerprint density at radius 2 is 2.12 bits per heavy atom. The van der Waals surface area contributed by atoms with E-state index in [0.717, 1.165) is 6.26 Å². The second kappa shape index (κ2) is 4.58. The first kappa shape index (κ1) is 13.2. The summed E-state index contributed by atoms with van der Waals surface area (Å²) in [6.45, 7) is 0.0453. The van der Waals surface area contributed by atoms with Gasteiger partial charge in [0.2, 0.25) is 0 Å². The molecule has 92 valence electrons. The first-order valence-corrected chi connectivity index (χ1v) is 7.01. The Kier molecular flexibility index (Phi) is 3.79. The van der Waals surface area contributed by atoms with E-state index in [-0.39, 0.29) is 17.4 Å². The molecule has 0 saturated heterocycles. The number of sulfone groups is 1. The highest BCUT2D eigenvalue weighted by molar-refractivity contribution is 7.90. The molecule has 0 aromatic carbocycles. The molecule has 0 spiro atoms. The van der Waals surface area contributed by atoms with Gasteiger partial charge in [-0.1, -0.05) is 11.3 Å². The summed E-state index contributed by atoms with van der Waals surface area (Å²) in [4.78, 5) is 2.68. The quantitative estimate of drug-likeness (QED) is 0.906. The van der Waals surface area contributed by atoms with Crippen LogP contribution in [0.5, 0.6) is 0 Å². The fourth-order valence-electron chi connectivity index (χ4n) is 0.830. The lowest BCUT2D eigenvalue weighted by molar-refractivity contribution is -0.134. The molecule has 0 fully saturated rings. The van der Waals surface area contributed by atoms with Gasteiger partial charge in [-0.25, -0.2) is 13.4 Å². The van der Waals surface area contributed by atoms with Crippen LogP contribution in [0.15, 0.2) is 6.20 Å². The molecule has 4 nitrogen and oxygen atoms in total. The number of rotatable bonds is 4. The maximum absolute atomic E-state index is 12.2. The van der Waals surface area contributed by atoms with Gasteiger partial charge in [0, 0.05) is 12.8 Å². The predicted octanol–water partition coefficient (Wildman–Crippen LogP) is 1.62. The van der Waals surface area contributed by atoms with E-state index in [1.165, 1.54) is 0 Å². The van der Waals surface area contributed by atoms with E-state index in [9.17, 15) is 21.6 Å². The number of nitrogens with one attached hydrogen (secondary N) is 1. The molecule has 9 heteroatoms. The second-order valence-corrected chi connectivity index (χ2v) is 6.37. The minimum atomic E-state index is -4.41. The Labute approximate surface area is 94.4 Å². The van der Waals surface area contributed by atoms with Crippen LogP contribution in [0.1, 0.15) is 4.88 Å². The van der Waals surface area contributed by atoms with Crippen molar-refractivity contribution in [3.8, 4) is 0 Å². The standard InChI is InChI=1S/C7H9F3N2O2S2/c1-16(13,14)3-2-11-6-12-4-5(15-6)7(8,9)10/h4H,2-3H2,1H3,(H,11,12). The Hall–Kier alpha value is -0.830. The smallest absolute Gasteiger partial charge is 0.360 e. The molecule has 0 aliphatic carbocycles. The number of anilines is 1. The minimum Gasteiger partial charge on any atom is -0.360 e. The first-order valence-electron chi connectivity index (χ1n) is 4.13. The van der Waals surface area contributed by atoms with E-state index in [0.29, 0.717) is 17.5 Å². The number of hydrogen-bond donors (Lipinski definition) is 1. The van der Waals surface area contributed by atoms with Gasteiger partial charge in [-0.15, -0.1) is 0 Å². The number of hydrogen-bond acceptors (Lipinski definition) is 5. The zero-order valence-electron chi connectivity index (χ0n) is 8.21. The van der Waals surface area contributed by atoms with E-state index >= 15 is 0 Å². The van der Waals surface area contributed by atoms with Gasteiger partial charge >= 0.3 is 6.18 Å². The van der Waals surface area contributed by atoms with Crippen molar-refractivity contribution in [2.75, 3.05) is 23.9 Å². The van der Waals surface area contributed by atoms with Crippen molar-refractivity contribution >= 4 is 26.3 Å². The summed E-state index contributed by atoms with van der Waals surface area (Å²) in [6, 6.07) is 0. The topological polar surface area (TPSA) is 59.1 Å². The number of halogens is 3. The monoisotopic (exact) mass is 274 g/mol. The molecule has 0 saturated carbocycles. The summed E-state index contributed by atoms with van der Waals surface area (Å²) in [6.07, 6.45) is -2.64. The van der Waals surface area contributed by atoms with E-state index in [1.807, 2.05) is 0 Å². The van der Waals surface area contributed by atoms with Gasteiger partial charge in [-0.2, -0.15) is 13.2 Å². The van der Waals surface area contributed by atoms with Crippen LogP contribution < -0.4 is 5.32 Å². The van der Waals surface area contributed by atoms with Crippen LogP contribution in [-0.2, 0) is 16.0 Å². The van der Waals surface area contributed by atoms with Gasteiger partial charge in [0.05, 0.1) is 11.9 Å². The van der Waals surface area contributed by atoms with E-state index < -0.39 is 20.9 Å². The van der Waals surface area contributed by atoms with Gasteiger partial charge in [-0.3, -0.25) is 0 Å². The second-order valence-electron chi connectivity index (χ2n) is 3.08. The third-order valence-corrected chi connectivity index (χ3v) is 3.48. The van der Waals surface area contributed by atoms with Gasteiger partial charge in [0.25, 0.3) is 0 Å². The largest absolute Gasteiger partial charge is 0.427 e. The summed E-state index contributed by atoms with van der Waals surface area (Å²) in [5.74, 6) is -0.145. The normalized spacial score (nSPS) is 12.8. The average molecular weight is 274 g/mol. The van der Waals surface area contributed by atoms with Crippen molar-refractivity contribution in [3.05, 3.63) is 11.1 Å². The molecule has 0 amide bonds. The van der Waals surface area contributed by atoms with Crippen LogP contribution in [0, 0.1) is 0 Å². The molecule has 0 bridgehead atoms. The molecule has 1 N–H and O–H groups in total. The zero-order chi connectivity index (χ0) is 12.4. The molecular weight excluding hydrogens is 265 g/mol. The first-order chi connectivity index (χ1) is 7.18. The zero-order valence-corrected chi connectivity index (χ0v) is 9.84. The lowest BCUT2D eigenvalue weighted by Crippen LogP contribution is -2.13. The summed E-state index contributed by atoms with van der Waals surface area (Å²) in [7, 11) is -3.12. The van der Waals surface area contributed by atoms with Gasteiger partial charge in [-0.05, 0) is 0 Å². The fraction of sp³-hybridized carbons (Fsp3) is 0.571. The Morgan fingerprint density at radius 1 is 1.50 bits per heavy atom. The van der Waals surface area contributed by atoms with Gasteiger partial charge in [0.1, 0.15) is 14.7 Å². The molecule has 0 aliphatic heterocycles. The predicted molar refractivity (Wildman–Crippen MR) is 55.3 cm³/mol. The van der Waals surface area contributed by atoms with E-state index in [1.54, 1.807) is 0 Å². The highest BCUT2D eigenvalue weighted by atomic mass is 32.2. The van der Waals surface area contributed by atoms with Crippen molar-refractivity contribution in [3.63, 3.8) is 0 Å². The van der Waals surface area contributed by atoms with Gasteiger partial charge < -0.3 is 5.32 Å². The molecule has 1 heterocycles. The summed E-state index contributed by atoms with van der Waals surface area (Å²) in [5.41, 5.74) is 0. The number of alkyl halides is 3. The van der Waals surface area contributed by atoms with Crippen LogP contribution in [0.2, 0.25) is 0 Å². The minimum absolute atomic E-state index is 0.0453. The Balaban J connectivity index is 2.54. The summed E-state index contributed by atoms with van der Waals surface area (Å²) >= 11 is 0.448. The number of thiazole rings is 1. The molecular formula is C7H9F3N2O2S2. The molecule has 1 aromatic rings. The van der Waals surface area contributed by atoms with Crippen molar-refractivity contribution in [1.82, 2.24) is 4.98 Å². The molecule has 0 radical (unpaired) electrons. The molecule has 1 rings (SSSR count). The van der Waals surface area contributed by atoms with E-state index in [2.05, 4.69) is 10.3 Å². The lowest BCUT2D eigenvalue weighted by Gasteiger charge is -2.01. The summed E-state index contributed by atoms with van der Waals surface area (Å²) in [5, 5.41) is 2.59. The average Bonchev–Trinajstić information content (AvgIpc) is 2.49. The Bertz CT molecular complexity index is 452. The maximum atomic E-state index is 12.2. The SMILES string of the molecule is CS(=O)(=O)CCNc1ncc(C(F)(F)F)s1. The molecule has 0 atom stereocenters. The number of nitrogens with zero attached hydrogens (tertiary/aromatic N) is 1. The Morgan fingerprint density at radius 3 is 2.56 bits per heavy atom. The molecule has 16 heavy (non-hydrogen) atoms. The van der Waals surface area contributed by atoms with E-state index in [4.69, 9.17) is 0 Å². The molecule has 0 aliphatic rings. The lowest BCUT2D eigenvalue weighted by atomic mass is 10.5. The van der Waals surface area contributed by atoms with Crippen LogP contribution >= 0.6 is 11.3 Å². The maximum Gasteiger partial charge on any atom is 0.427 e. The van der Waals surface area contributed by atoms with Crippen molar-refractivity contribution in [2.45, 2.75) is 6.18 Å². The summed E-state index contributed by atoms with van der Waals surface area (Å²) < 4.78 is 58.0. The third-order valence-electron chi connectivity index (χ3n) is 1.53. The fourth-order valence-corrected chi connectivity index (χ4v) is 2.01. The molecule has 0 unspecified atom stereocenters. The van der Waals surface area contributed by atoms with Crippen LogP contribution in [0.4, 0.5) is 18.3 Å². The highest BCUT2D eigenvalue weighted by Gasteiger charge is 2.33.